The first-order chi connectivity index (χ1) is 9.96. The molecule has 2 aromatic rings. The van der Waals surface area contributed by atoms with E-state index in [4.69, 9.17) is 26.8 Å². The SMILES string of the molecule is COc1cc(NC(=O)c2cc(N)cn2C)c(OC)cc1Cl. The van der Waals surface area contributed by atoms with E-state index < -0.39 is 0 Å². The van der Waals surface area contributed by atoms with Crippen LogP contribution in [0.25, 0.3) is 0 Å². The second-order valence-corrected chi connectivity index (χ2v) is 4.82. The van der Waals surface area contributed by atoms with Crippen molar-refractivity contribution in [3.63, 3.8) is 0 Å². The zero-order chi connectivity index (χ0) is 15.6. The van der Waals surface area contributed by atoms with Gasteiger partial charge in [0.15, 0.2) is 0 Å². The third kappa shape index (κ3) is 3.05. The molecule has 6 nitrogen and oxygen atoms in total. The number of nitrogen functional groups attached to an aromatic ring is 1. The molecule has 0 radical (unpaired) electrons. The number of halogens is 1. The van der Waals surface area contributed by atoms with E-state index in [0.717, 1.165) is 0 Å². The number of hydrogen-bond acceptors (Lipinski definition) is 4. The molecule has 0 saturated heterocycles. The number of amides is 1. The van der Waals surface area contributed by atoms with Crippen molar-refractivity contribution < 1.29 is 14.3 Å². The van der Waals surface area contributed by atoms with E-state index in [2.05, 4.69) is 5.32 Å². The lowest BCUT2D eigenvalue weighted by molar-refractivity contribution is 0.101. The van der Waals surface area contributed by atoms with Crippen LogP contribution >= 0.6 is 11.6 Å². The summed E-state index contributed by atoms with van der Waals surface area (Å²) in [6.45, 7) is 0. The van der Waals surface area contributed by atoms with Gasteiger partial charge in [0.25, 0.3) is 5.91 Å². The molecule has 0 aliphatic rings. The van der Waals surface area contributed by atoms with Gasteiger partial charge in [-0.05, 0) is 6.07 Å². The van der Waals surface area contributed by atoms with Crippen LogP contribution in [0.2, 0.25) is 5.02 Å². The second kappa shape index (κ2) is 5.97. The number of nitrogens with two attached hydrogens (primary N) is 1. The normalized spacial score (nSPS) is 10.3. The maximum absolute atomic E-state index is 12.3. The number of methoxy groups -OCH3 is 2. The van der Waals surface area contributed by atoms with Crippen molar-refractivity contribution in [1.82, 2.24) is 4.57 Å². The molecule has 0 saturated carbocycles. The van der Waals surface area contributed by atoms with Gasteiger partial charge in [0.2, 0.25) is 0 Å². The van der Waals surface area contributed by atoms with E-state index in [1.54, 1.807) is 36.0 Å². The van der Waals surface area contributed by atoms with E-state index in [0.29, 0.717) is 33.6 Å². The van der Waals surface area contributed by atoms with E-state index >= 15 is 0 Å². The quantitative estimate of drug-likeness (QED) is 0.909. The van der Waals surface area contributed by atoms with Crippen LogP contribution in [-0.4, -0.2) is 24.7 Å². The zero-order valence-corrected chi connectivity index (χ0v) is 12.7. The van der Waals surface area contributed by atoms with Gasteiger partial charge in [0.05, 0.1) is 30.6 Å². The molecule has 0 bridgehead atoms. The average Bonchev–Trinajstić information content (AvgIpc) is 2.79. The van der Waals surface area contributed by atoms with Crippen LogP contribution in [0, 0.1) is 0 Å². The first-order valence-electron chi connectivity index (χ1n) is 6.11. The third-order valence-corrected chi connectivity index (χ3v) is 3.28. The van der Waals surface area contributed by atoms with Gasteiger partial charge >= 0.3 is 0 Å². The van der Waals surface area contributed by atoms with Crippen molar-refractivity contribution in [2.24, 2.45) is 7.05 Å². The second-order valence-electron chi connectivity index (χ2n) is 4.41. The Bertz CT molecular complexity index is 682. The first kappa shape index (κ1) is 15.1. The van der Waals surface area contributed by atoms with E-state index in [1.165, 1.54) is 14.2 Å². The summed E-state index contributed by atoms with van der Waals surface area (Å²) in [5.74, 6) is 0.576. The minimum atomic E-state index is -0.308. The lowest BCUT2D eigenvalue weighted by Crippen LogP contribution is -2.16. The van der Waals surface area contributed by atoms with E-state index in [1.807, 2.05) is 0 Å². The fourth-order valence-corrected chi connectivity index (χ4v) is 2.19. The van der Waals surface area contributed by atoms with Crippen LogP contribution in [0.1, 0.15) is 10.5 Å². The van der Waals surface area contributed by atoms with Gasteiger partial charge < -0.3 is 25.1 Å². The number of carbonyl (C=O) groups is 1. The topological polar surface area (TPSA) is 78.5 Å². The smallest absolute Gasteiger partial charge is 0.272 e. The number of aryl methyl sites for hydroxylation is 1. The molecule has 1 aromatic carbocycles. The fraction of sp³-hybridized carbons (Fsp3) is 0.214. The summed E-state index contributed by atoms with van der Waals surface area (Å²) in [7, 11) is 4.73. The van der Waals surface area contributed by atoms with Gasteiger partial charge in [-0.2, -0.15) is 0 Å². The number of nitrogens with one attached hydrogen (secondary N) is 1. The molecule has 112 valence electrons. The number of carbonyl (C=O) groups excluding carboxylic acids is 1. The Morgan fingerprint density at radius 3 is 2.43 bits per heavy atom. The molecule has 1 heterocycles. The zero-order valence-electron chi connectivity index (χ0n) is 11.9. The summed E-state index contributed by atoms with van der Waals surface area (Å²) in [5, 5.41) is 3.15. The number of nitrogens with zero attached hydrogens (tertiary/aromatic N) is 1. The number of hydrogen-bond donors (Lipinski definition) is 2. The van der Waals surface area contributed by atoms with Gasteiger partial charge in [-0.3, -0.25) is 4.79 Å². The lowest BCUT2D eigenvalue weighted by atomic mass is 10.2. The molecule has 3 N–H and O–H groups in total. The molecule has 1 aromatic heterocycles. The minimum absolute atomic E-state index is 0.308. The van der Waals surface area contributed by atoms with Crippen molar-refractivity contribution in [1.29, 1.82) is 0 Å². The van der Waals surface area contributed by atoms with Crippen molar-refractivity contribution in [2.75, 3.05) is 25.3 Å². The highest BCUT2D eigenvalue weighted by molar-refractivity contribution is 6.32. The first-order valence-corrected chi connectivity index (χ1v) is 6.48. The van der Waals surface area contributed by atoms with Crippen molar-refractivity contribution in [3.8, 4) is 11.5 Å². The Labute approximate surface area is 127 Å². The molecule has 0 unspecified atom stereocenters. The summed E-state index contributed by atoms with van der Waals surface area (Å²) in [6, 6.07) is 4.77. The Morgan fingerprint density at radius 1 is 1.24 bits per heavy atom. The largest absolute Gasteiger partial charge is 0.495 e. The average molecular weight is 310 g/mol. The van der Waals surface area contributed by atoms with E-state index in [-0.39, 0.29) is 5.91 Å². The maximum atomic E-state index is 12.3. The Balaban J connectivity index is 2.34. The molecule has 0 spiro atoms. The van der Waals surface area contributed by atoms with Crippen LogP contribution in [0.5, 0.6) is 11.5 Å². The number of anilines is 2. The number of rotatable bonds is 4. The Morgan fingerprint density at radius 2 is 1.90 bits per heavy atom. The molecule has 2 rings (SSSR count). The van der Waals surface area contributed by atoms with Crippen LogP contribution in [0.15, 0.2) is 24.4 Å². The summed E-state index contributed by atoms with van der Waals surface area (Å²) in [6.07, 6.45) is 1.66. The standard InChI is InChI=1S/C14H16ClN3O3/c1-18-7-8(16)4-11(18)14(19)17-10-6-12(20-2)9(15)5-13(10)21-3/h4-7H,16H2,1-3H3,(H,17,19). The number of ether oxygens (including phenoxy) is 2. The third-order valence-electron chi connectivity index (χ3n) is 2.98. The predicted molar refractivity (Wildman–Crippen MR) is 82.3 cm³/mol. The van der Waals surface area contributed by atoms with Crippen molar-refractivity contribution in [3.05, 3.63) is 35.1 Å². The highest BCUT2D eigenvalue weighted by Crippen LogP contribution is 2.36. The van der Waals surface area contributed by atoms with Gasteiger partial charge in [-0.1, -0.05) is 11.6 Å². The Hall–Kier alpha value is -2.34. The monoisotopic (exact) mass is 309 g/mol. The summed E-state index contributed by atoms with van der Waals surface area (Å²) < 4.78 is 12.0. The fourth-order valence-electron chi connectivity index (χ4n) is 1.96. The summed E-state index contributed by atoms with van der Waals surface area (Å²) in [5.41, 5.74) is 7.08. The lowest BCUT2D eigenvalue weighted by Gasteiger charge is -2.13. The van der Waals surface area contributed by atoms with Gasteiger partial charge in [-0.25, -0.2) is 0 Å². The van der Waals surface area contributed by atoms with Crippen LogP contribution in [0.3, 0.4) is 0 Å². The van der Waals surface area contributed by atoms with Crippen molar-refractivity contribution in [2.45, 2.75) is 0 Å². The molecule has 0 atom stereocenters. The number of benzene rings is 1. The van der Waals surface area contributed by atoms with Gasteiger partial charge in [0.1, 0.15) is 17.2 Å². The molecule has 0 fully saturated rings. The predicted octanol–water partition coefficient (Wildman–Crippen LogP) is 2.53. The molecule has 0 aliphatic heterocycles. The molecule has 21 heavy (non-hydrogen) atoms. The van der Waals surface area contributed by atoms with Crippen molar-refractivity contribution >= 4 is 28.9 Å². The maximum Gasteiger partial charge on any atom is 0.272 e. The van der Waals surface area contributed by atoms with Crippen LogP contribution < -0.4 is 20.5 Å². The molecule has 1 amide bonds. The van der Waals surface area contributed by atoms with Crippen LogP contribution in [-0.2, 0) is 7.05 Å². The minimum Gasteiger partial charge on any atom is -0.495 e. The molecular formula is C14H16ClN3O3. The van der Waals surface area contributed by atoms with Gasteiger partial charge in [-0.15, -0.1) is 0 Å². The van der Waals surface area contributed by atoms with E-state index in [9.17, 15) is 4.79 Å². The summed E-state index contributed by atoms with van der Waals surface area (Å²) >= 11 is 6.02. The van der Waals surface area contributed by atoms with Crippen LogP contribution in [0.4, 0.5) is 11.4 Å². The Kier molecular flexibility index (Phi) is 4.28. The molecule has 7 heteroatoms. The number of aromatic nitrogens is 1. The summed E-state index contributed by atoms with van der Waals surface area (Å²) in [4.78, 5) is 12.3. The highest BCUT2D eigenvalue weighted by atomic mass is 35.5. The highest BCUT2D eigenvalue weighted by Gasteiger charge is 2.16. The van der Waals surface area contributed by atoms with Gasteiger partial charge in [0, 0.05) is 25.4 Å². The molecular weight excluding hydrogens is 294 g/mol. The molecule has 0 aliphatic carbocycles.